The van der Waals surface area contributed by atoms with Crippen molar-refractivity contribution in [2.45, 2.75) is 12.4 Å². The second-order valence-corrected chi connectivity index (χ2v) is 5.43. The SMILES string of the molecule is COCOc1ccc(C(=O)NC(=N)SC(C)OC)cc1OC. The van der Waals surface area contributed by atoms with Crippen molar-refractivity contribution in [3.8, 4) is 11.5 Å². The topological polar surface area (TPSA) is 89.9 Å². The second-order valence-electron chi connectivity index (χ2n) is 4.12. The van der Waals surface area contributed by atoms with Gasteiger partial charge in [-0.15, -0.1) is 0 Å². The van der Waals surface area contributed by atoms with Crippen molar-refractivity contribution in [3.05, 3.63) is 23.8 Å². The molecule has 22 heavy (non-hydrogen) atoms. The van der Waals surface area contributed by atoms with Crippen LogP contribution in [0.4, 0.5) is 0 Å². The first-order valence-corrected chi connectivity index (χ1v) is 7.29. The molecule has 0 aromatic heterocycles. The van der Waals surface area contributed by atoms with Crippen molar-refractivity contribution in [2.75, 3.05) is 28.1 Å². The Morgan fingerprint density at radius 1 is 1.32 bits per heavy atom. The lowest BCUT2D eigenvalue weighted by atomic mass is 10.2. The molecule has 0 fully saturated rings. The first-order chi connectivity index (χ1) is 10.5. The van der Waals surface area contributed by atoms with Crippen LogP contribution in [0, 0.1) is 5.41 Å². The summed E-state index contributed by atoms with van der Waals surface area (Å²) in [6, 6.07) is 4.74. The van der Waals surface area contributed by atoms with E-state index < -0.39 is 5.91 Å². The van der Waals surface area contributed by atoms with E-state index in [9.17, 15) is 4.79 Å². The largest absolute Gasteiger partial charge is 0.493 e. The minimum absolute atomic E-state index is 0.0121. The predicted molar refractivity (Wildman–Crippen MR) is 84.8 cm³/mol. The molecule has 0 radical (unpaired) electrons. The highest BCUT2D eigenvalue weighted by molar-refractivity contribution is 8.14. The fraction of sp³-hybridized carbons (Fsp3) is 0.429. The molecule has 1 atom stereocenters. The van der Waals surface area contributed by atoms with Crippen molar-refractivity contribution in [1.82, 2.24) is 5.32 Å². The van der Waals surface area contributed by atoms with Crippen LogP contribution < -0.4 is 14.8 Å². The van der Waals surface area contributed by atoms with Crippen LogP contribution in [0.5, 0.6) is 11.5 Å². The molecule has 0 aliphatic rings. The predicted octanol–water partition coefficient (Wildman–Crippen LogP) is 2.07. The van der Waals surface area contributed by atoms with Crippen molar-refractivity contribution >= 4 is 22.8 Å². The van der Waals surface area contributed by atoms with Gasteiger partial charge in [0.1, 0.15) is 5.44 Å². The highest BCUT2D eigenvalue weighted by Gasteiger charge is 2.14. The van der Waals surface area contributed by atoms with Gasteiger partial charge < -0.3 is 24.3 Å². The van der Waals surface area contributed by atoms with E-state index >= 15 is 0 Å². The van der Waals surface area contributed by atoms with E-state index in [1.54, 1.807) is 19.1 Å². The lowest BCUT2D eigenvalue weighted by Gasteiger charge is -2.13. The van der Waals surface area contributed by atoms with Crippen molar-refractivity contribution in [1.29, 1.82) is 5.41 Å². The van der Waals surface area contributed by atoms with Crippen molar-refractivity contribution in [2.24, 2.45) is 0 Å². The number of hydrogen-bond donors (Lipinski definition) is 2. The van der Waals surface area contributed by atoms with E-state index in [1.807, 2.05) is 0 Å². The van der Waals surface area contributed by atoms with Gasteiger partial charge in [0, 0.05) is 19.8 Å². The average molecular weight is 328 g/mol. The monoisotopic (exact) mass is 328 g/mol. The molecule has 1 amide bonds. The summed E-state index contributed by atoms with van der Waals surface area (Å²) in [6.45, 7) is 1.87. The lowest BCUT2D eigenvalue weighted by Crippen LogP contribution is -2.29. The Hall–Kier alpha value is -1.77. The van der Waals surface area contributed by atoms with E-state index in [2.05, 4.69) is 5.32 Å². The number of nitrogens with one attached hydrogen (secondary N) is 2. The van der Waals surface area contributed by atoms with Gasteiger partial charge in [0.2, 0.25) is 0 Å². The maximum absolute atomic E-state index is 12.1. The summed E-state index contributed by atoms with van der Waals surface area (Å²) in [5.74, 6) is 0.477. The van der Waals surface area contributed by atoms with Gasteiger partial charge in [-0.3, -0.25) is 10.2 Å². The van der Waals surface area contributed by atoms with E-state index in [4.69, 9.17) is 24.4 Å². The zero-order valence-corrected chi connectivity index (χ0v) is 13.8. The third-order valence-corrected chi connectivity index (χ3v) is 3.46. The molecule has 0 saturated carbocycles. The molecule has 0 heterocycles. The molecule has 0 aliphatic carbocycles. The van der Waals surface area contributed by atoms with Gasteiger partial charge in [-0.05, 0) is 25.1 Å². The second kappa shape index (κ2) is 9.29. The number of methoxy groups -OCH3 is 3. The number of carbonyl (C=O) groups is 1. The Morgan fingerprint density at radius 2 is 2.05 bits per heavy atom. The van der Waals surface area contributed by atoms with Gasteiger partial charge in [0.15, 0.2) is 23.5 Å². The molecule has 0 spiro atoms. The fourth-order valence-corrected chi connectivity index (χ4v) is 2.05. The number of amides is 1. The highest BCUT2D eigenvalue weighted by atomic mass is 32.2. The van der Waals surface area contributed by atoms with Gasteiger partial charge in [-0.25, -0.2) is 0 Å². The molecule has 0 aliphatic heterocycles. The van der Waals surface area contributed by atoms with Crippen LogP contribution in [0.15, 0.2) is 18.2 Å². The van der Waals surface area contributed by atoms with Gasteiger partial charge >= 0.3 is 0 Å². The Labute approximate surface area is 133 Å². The third kappa shape index (κ3) is 5.55. The van der Waals surface area contributed by atoms with Crippen LogP contribution in [0.25, 0.3) is 0 Å². The van der Waals surface area contributed by atoms with Crippen LogP contribution in [-0.4, -0.2) is 44.6 Å². The molecule has 0 saturated heterocycles. The molecular formula is C14H20N2O5S. The van der Waals surface area contributed by atoms with Gasteiger partial charge in [-0.2, -0.15) is 0 Å². The molecule has 2 N–H and O–H groups in total. The van der Waals surface area contributed by atoms with Gasteiger partial charge in [0.25, 0.3) is 5.91 Å². The number of benzene rings is 1. The zero-order valence-electron chi connectivity index (χ0n) is 13.0. The average Bonchev–Trinajstić information content (AvgIpc) is 2.52. The Balaban J connectivity index is 2.75. The number of amidine groups is 1. The number of thioether (sulfide) groups is 1. The van der Waals surface area contributed by atoms with Gasteiger partial charge in [-0.1, -0.05) is 11.8 Å². The number of rotatable bonds is 7. The van der Waals surface area contributed by atoms with E-state index in [-0.39, 0.29) is 17.4 Å². The van der Waals surface area contributed by atoms with Crippen LogP contribution in [-0.2, 0) is 9.47 Å². The molecule has 8 heteroatoms. The van der Waals surface area contributed by atoms with Crippen molar-refractivity contribution < 1.29 is 23.7 Å². The zero-order chi connectivity index (χ0) is 16.5. The Kier molecular flexibility index (Phi) is 7.72. The summed E-state index contributed by atoms with van der Waals surface area (Å²) in [6.07, 6.45) is 0. The summed E-state index contributed by atoms with van der Waals surface area (Å²) in [5.41, 5.74) is 0.143. The summed E-state index contributed by atoms with van der Waals surface area (Å²) < 4.78 is 20.3. The molecule has 7 nitrogen and oxygen atoms in total. The Morgan fingerprint density at radius 3 is 2.64 bits per heavy atom. The molecule has 1 rings (SSSR count). The van der Waals surface area contributed by atoms with Crippen molar-refractivity contribution in [3.63, 3.8) is 0 Å². The summed E-state index contributed by atoms with van der Waals surface area (Å²) in [4.78, 5) is 12.1. The third-order valence-electron chi connectivity index (χ3n) is 2.60. The van der Waals surface area contributed by atoms with E-state index in [0.29, 0.717) is 17.1 Å². The quantitative estimate of drug-likeness (QED) is 0.452. The molecule has 1 aromatic rings. The number of ether oxygens (including phenoxy) is 4. The Bertz CT molecular complexity index is 524. The van der Waals surface area contributed by atoms with Gasteiger partial charge in [0.05, 0.1) is 7.11 Å². The number of hydrogen-bond acceptors (Lipinski definition) is 7. The highest BCUT2D eigenvalue weighted by Crippen LogP contribution is 2.28. The minimum Gasteiger partial charge on any atom is -0.493 e. The maximum Gasteiger partial charge on any atom is 0.257 e. The van der Waals surface area contributed by atoms with Crippen LogP contribution in [0.2, 0.25) is 0 Å². The molecular weight excluding hydrogens is 308 g/mol. The van der Waals surface area contributed by atoms with E-state index in [1.165, 1.54) is 27.4 Å². The summed E-state index contributed by atoms with van der Waals surface area (Å²) in [5, 5.41) is 10.2. The molecule has 1 unspecified atom stereocenters. The van der Waals surface area contributed by atoms with E-state index in [0.717, 1.165) is 11.8 Å². The molecule has 122 valence electrons. The first-order valence-electron chi connectivity index (χ1n) is 6.41. The maximum atomic E-state index is 12.1. The summed E-state index contributed by atoms with van der Waals surface area (Å²) >= 11 is 1.10. The first kappa shape index (κ1) is 18.3. The minimum atomic E-state index is -0.405. The van der Waals surface area contributed by atoms with Crippen LogP contribution >= 0.6 is 11.8 Å². The molecule has 1 aromatic carbocycles. The lowest BCUT2D eigenvalue weighted by molar-refractivity contribution is 0.0491. The van der Waals surface area contributed by atoms with Crippen LogP contribution in [0.3, 0.4) is 0 Å². The normalized spacial score (nSPS) is 11.6. The summed E-state index contributed by atoms with van der Waals surface area (Å²) in [7, 11) is 4.53. The fourth-order valence-electron chi connectivity index (χ4n) is 1.47. The number of carbonyl (C=O) groups excluding carboxylic acids is 1. The smallest absolute Gasteiger partial charge is 0.257 e. The molecule has 0 bridgehead atoms. The standard InChI is InChI=1S/C14H20N2O5S/c1-9(19-3)22-14(15)16-13(17)10-5-6-11(21-8-18-2)12(7-10)20-4/h5-7,9H,8H2,1-4H3,(H2,15,16,17). The van der Waals surface area contributed by atoms with Crippen LogP contribution in [0.1, 0.15) is 17.3 Å².